The molecule has 0 amide bonds. The maximum Gasteiger partial charge on any atom is 0.331 e. The normalized spacial score (nSPS) is 36.8. The Morgan fingerprint density at radius 2 is 0.739 bits per heavy atom. The molecular weight excluding hydrogens is 1240 g/mol. The van der Waals surface area contributed by atoms with Crippen molar-refractivity contribution in [1.82, 2.24) is 0 Å². The Morgan fingerprint density at radius 1 is 0.370 bits per heavy atom. The van der Waals surface area contributed by atoms with Crippen LogP contribution in [0, 0.1) is 0 Å². The summed E-state index contributed by atoms with van der Waals surface area (Å²) in [6, 6.07) is 10.7. The minimum absolute atomic E-state index is 0.115. The molecule has 5 aliphatic rings. The van der Waals surface area contributed by atoms with Crippen LogP contribution in [0.3, 0.4) is 0 Å². The summed E-state index contributed by atoms with van der Waals surface area (Å²) < 4.78 is 65.3. The van der Waals surface area contributed by atoms with Gasteiger partial charge in [-0.3, -0.25) is 0 Å². The van der Waals surface area contributed by atoms with E-state index in [0.29, 0.717) is 0 Å². The average molecular weight is 1320 g/mol. The molecule has 8 rings (SSSR count). The molecule has 5 heterocycles. The number of hydrogen-bond acceptors (Lipinski definition) is 35. The molecule has 5 fully saturated rings. The summed E-state index contributed by atoms with van der Waals surface area (Å²) in [6.07, 6.45) is -39.3. The van der Waals surface area contributed by atoms with E-state index < -0.39 is 222 Å². The Morgan fingerprint density at radius 3 is 1.20 bits per heavy atom. The second kappa shape index (κ2) is 31.4. The molecule has 20 N–H and O–H groups in total. The number of phenolic OH excluding ortho intramolecular Hbond substituents is 3. The molecule has 5 aliphatic heterocycles. The van der Waals surface area contributed by atoms with E-state index in [4.69, 9.17) is 56.8 Å². The zero-order valence-corrected chi connectivity index (χ0v) is 47.7. The van der Waals surface area contributed by atoms with Gasteiger partial charge in [-0.05, 0) is 71.3 Å². The summed E-state index contributed by atoms with van der Waals surface area (Å²) in [6.45, 7) is -4.15. The van der Waals surface area contributed by atoms with Crippen molar-refractivity contribution in [3.63, 3.8) is 0 Å². The molecule has 5 saturated heterocycles. The number of rotatable bonds is 22. The van der Waals surface area contributed by atoms with Crippen LogP contribution in [-0.4, -0.2) is 307 Å². The number of hydrogen-bond donors (Lipinski definition) is 20. The number of aromatic hydroxyl groups is 3. The Bertz CT molecular complexity index is 3050. The summed E-state index contributed by atoms with van der Waals surface area (Å²) >= 11 is 0. The van der Waals surface area contributed by atoms with Crippen LogP contribution in [0.1, 0.15) is 16.7 Å². The van der Waals surface area contributed by atoms with Gasteiger partial charge in [0.1, 0.15) is 116 Å². The molecule has 35 heteroatoms. The zero-order chi connectivity index (χ0) is 67.0. The molecule has 0 unspecified atom stereocenters. The minimum atomic E-state index is -2.19. The fourth-order valence-corrected chi connectivity index (χ4v) is 9.88. The van der Waals surface area contributed by atoms with Crippen molar-refractivity contribution in [3.8, 4) is 34.5 Å². The predicted octanol–water partition coefficient (Wildman–Crippen LogP) is -7.95. The van der Waals surface area contributed by atoms with Crippen molar-refractivity contribution in [3.05, 3.63) is 89.5 Å². The highest BCUT2D eigenvalue weighted by atomic mass is 16.8. The molecule has 0 aromatic heterocycles. The van der Waals surface area contributed by atoms with Crippen LogP contribution in [0.5, 0.6) is 34.5 Å². The van der Waals surface area contributed by atoms with Gasteiger partial charge >= 0.3 is 17.9 Å². The fourth-order valence-electron chi connectivity index (χ4n) is 9.88. The van der Waals surface area contributed by atoms with Crippen molar-refractivity contribution in [2.75, 3.05) is 33.0 Å². The van der Waals surface area contributed by atoms with E-state index in [0.717, 1.165) is 66.8 Å². The lowest BCUT2D eigenvalue weighted by molar-refractivity contribution is -0.362. The van der Waals surface area contributed by atoms with Crippen LogP contribution in [0.25, 0.3) is 18.2 Å². The molecule has 0 aliphatic carbocycles. The summed E-state index contributed by atoms with van der Waals surface area (Å²) in [5.41, 5.74) is 0.391. The number of ether oxygens (including phenoxy) is 12. The van der Waals surface area contributed by atoms with Gasteiger partial charge in [-0.15, -0.1) is 0 Å². The largest absolute Gasteiger partial charge is 0.504 e. The van der Waals surface area contributed by atoms with Gasteiger partial charge in [0, 0.05) is 18.2 Å². The lowest BCUT2D eigenvalue weighted by Crippen LogP contribution is -2.65. The first-order valence-corrected chi connectivity index (χ1v) is 28.1. The molecule has 3 aromatic rings. The summed E-state index contributed by atoms with van der Waals surface area (Å²) in [5.74, 6) is -6.21. The van der Waals surface area contributed by atoms with E-state index in [2.05, 4.69) is 0 Å². The van der Waals surface area contributed by atoms with E-state index in [1.165, 1.54) is 24.3 Å². The van der Waals surface area contributed by atoms with Crippen molar-refractivity contribution in [1.29, 1.82) is 0 Å². The number of phenols is 3. The number of carbonyl (C=O) groups is 3. The summed E-state index contributed by atoms with van der Waals surface area (Å²) in [7, 11) is 0. The molecule has 0 bridgehead atoms. The first-order chi connectivity index (χ1) is 43.7. The Labute approximate surface area is 518 Å². The first kappa shape index (κ1) is 71.0. The standard InChI is InChI=1S/C57H70O35/c58-16-30-38(68)43(73)48(78)54(86-30)84-28-14-22(1-7-24(28)62)5-11-36(66)90-51-46(76)40(70)32(18-60)88-56(51)83-27-9-3-21(13-26(27)64)4-10-35(65)81-20-34-42(72)45(75)50(53(80)82-34)92-57-52(47(77)41(71)33(19-61)89-57)91-37(67)12-6-23-2-8-25(63)29(15-23)85-55-49(79)44(74)39(69)31(17-59)87-55/h1-15,30-34,38-64,68-80H,16-20H2/b10-4+,11-5+,12-6+/t30-,31-,32-,33-,34-,38-,39-,40-,41-,42-,43+,44+,45+,46+,47+,48-,49-,50-,51-,52-,53-,54-,55-,56-,57+/m1/s1. The number of aliphatic hydroxyl groups is 17. The summed E-state index contributed by atoms with van der Waals surface area (Å²) in [4.78, 5) is 39.2. The van der Waals surface area contributed by atoms with Gasteiger partial charge in [-0.2, -0.15) is 0 Å². The van der Waals surface area contributed by atoms with Crippen molar-refractivity contribution in [2.24, 2.45) is 0 Å². The minimum Gasteiger partial charge on any atom is -0.504 e. The lowest BCUT2D eigenvalue weighted by Gasteiger charge is -2.45. The fraction of sp³-hybridized carbons (Fsp3) is 0.526. The maximum atomic E-state index is 13.2. The molecular formula is C57H70O35. The van der Waals surface area contributed by atoms with Crippen LogP contribution in [-0.2, 0) is 57.0 Å². The predicted molar refractivity (Wildman–Crippen MR) is 295 cm³/mol. The van der Waals surface area contributed by atoms with Crippen LogP contribution in [0.4, 0.5) is 0 Å². The molecule has 0 spiro atoms. The average Bonchev–Trinajstić information content (AvgIpc) is 0.923. The quantitative estimate of drug-likeness (QED) is 0.0252. The van der Waals surface area contributed by atoms with Gasteiger partial charge in [-0.1, -0.05) is 18.2 Å². The zero-order valence-electron chi connectivity index (χ0n) is 47.7. The van der Waals surface area contributed by atoms with Crippen LogP contribution >= 0.6 is 0 Å². The van der Waals surface area contributed by atoms with Gasteiger partial charge in [0.25, 0.3) is 0 Å². The van der Waals surface area contributed by atoms with Crippen molar-refractivity contribution in [2.45, 2.75) is 154 Å². The third kappa shape index (κ3) is 16.6. The molecule has 35 nitrogen and oxygen atoms in total. The van der Waals surface area contributed by atoms with Gasteiger partial charge in [0.15, 0.2) is 59.3 Å². The molecule has 0 saturated carbocycles. The maximum absolute atomic E-state index is 13.2. The van der Waals surface area contributed by atoms with Gasteiger partial charge in [0.05, 0.1) is 26.4 Å². The van der Waals surface area contributed by atoms with E-state index in [1.807, 2.05) is 0 Å². The molecule has 3 aromatic carbocycles. The smallest absolute Gasteiger partial charge is 0.331 e. The van der Waals surface area contributed by atoms with Crippen molar-refractivity contribution < 1.29 is 173 Å². The van der Waals surface area contributed by atoms with Gasteiger partial charge < -0.3 is 159 Å². The second-order valence-electron chi connectivity index (χ2n) is 21.4. The lowest BCUT2D eigenvalue weighted by atomic mass is 9.97. The van der Waals surface area contributed by atoms with Gasteiger partial charge in [-0.25, -0.2) is 14.4 Å². The van der Waals surface area contributed by atoms with Crippen LogP contribution in [0.2, 0.25) is 0 Å². The highest BCUT2D eigenvalue weighted by molar-refractivity contribution is 5.88. The van der Waals surface area contributed by atoms with Crippen molar-refractivity contribution >= 4 is 36.1 Å². The molecule has 92 heavy (non-hydrogen) atoms. The SMILES string of the molecule is O=C(/C=C/c1ccc(O[C@@H]2O[C@H](CO)[C@@H](O)[C@H](O)[C@H]2OC(=O)/C=C/c2ccc(O)c(O[C@@H]3O[C@H](CO)[C@@H](O)[C@H](O)[C@H]3O)c2)c(O)c1)OC[C@H]1O[C@@H](O)[C@H](O[C@@H]2O[C@H](CO)[C@@H](O)[C@H](O)[C@H]2OC(=O)/C=C/c2ccc(O)c(O[C@@H]3O[C@H](CO)[C@@H](O)[C@H](O)[C@H]3O)c2)[C@@H](O)[C@@H]1O. The summed E-state index contributed by atoms with van der Waals surface area (Å²) in [5, 5.41) is 208. The Hall–Kier alpha value is -6.83. The van der Waals surface area contributed by atoms with E-state index >= 15 is 0 Å². The number of benzene rings is 3. The Balaban J connectivity index is 0.840. The van der Waals surface area contributed by atoms with E-state index in [-0.39, 0.29) is 33.9 Å². The molecule has 25 atom stereocenters. The Kier molecular flexibility index (Phi) is 24.2. The van der Waals surface area contributed by atoms with E-state index in [9.17, 15) is 117 Å². The monoisotopic (exact) mass is 1310 g/mol. The van der Waals surface area contributed by atoms with Crippen LogP contribution < -0.4 is 14.2 Å². The highest BCUT2D eigenvalue weighted by Crippen LogP contribution is 2.37. The number of esters is 3. The number of aliphatic hydroxyl groups excluding tert-OH is 17. The van der Waals surface area contributed by atoms with E-state index in [1.54, 1.807) is 0 Å². The second-order valence-corrected chi connectivity index (χ2v) is 21.4. The molecule has 508 valence electrons. The topological polar surface area (TPSA) is 567 Å². The van der Waals surface area contributed by atoms with Crippen LogP contribution in [0.15, 0.2) is 72.8 Å². The number of carbonyl (C=O) groups excluding carboxylic acids is 3. The third-order valence-corrected chi connectivity index (χ3v) is 15.1. The third-order valence-electron chi connectivity index (χ3n) is 15.1. The highest BCUT2D eigenvalue weighted by Gasteiger charge is 2.53. The van der Waals surface area contributed by atoms with Gasteiger partial charge in [0.2, 0.25) is 18.9 Å². The molecule has 0 radical (unpaired) electrons. The first-order valence-electron chi connectivity index (χ1n) is 28.1.